The molecule has 1 fully saturated rings. The van der Waals surface area contributed by atoms with Crippen molar-refractivity contribution in [2.75, 3.05) is 17.6 Å². The zero-order valence-corrected chi connectivity index (χ0v) is 32.0. The van der Waals surface area contributed by atoms with Gasteiger partial charge in [0, 0.05) is 37.1 Å². The van der Waals surface area contributed by atoms with Gasteiger partial charge in [-0.2, -0.15) is 24.0 Å². The first kappa shape index (κ1) is 39.1. The first-order valence-corrected chi connectivity index (χ1v) is 19.8. The number of ether oxygens (including phenoxy) is 1. The highest BCUT2D eigenvalue weighted by Gasteiger charge is 2.67. The zero-order valence-electron chi connectivity index (χ0n) is 30.4. The van der Waals surface area contributed by atoms with Crippen LogP contribution in [0.15, 0.2) is 47.3 Å². The third-order valence-corrected chi connectivity index (χ3v) is 10.8. The normalized spacial score (nSPS) is 17.4. The summed E-state index contributed by atoms with van der Waals surface area (Å²) in [6.45, 7) is 0.886. The number of amides is 1. The van der Waals surface area contributed by atoms with Gasteiger partial charge in [-0.25, -0.2) is 31.0 Å². The van der Waals surface area contributed by atoms with Crippen LogP contribution in [0.4, 0.5) is 32.2 Å². The number of carbonyl (C=O) groups is 1. The maximum Gasteiger partial charge on any atom is 0.293 e. The Labute approximate surface area is 328 Å². The number of halogens is 7. The molecule has 6 aromatic rings. The third-order valence-electron chi connectivity index (χ3n) is 9.93. The largest absolute Gasteiger partial charge is 0.478 e. The number of alkyl halides is 4. The topological polar surface area (TPSA) is 168 Å². The smallest absolute Gasteiger partial charge is 0.293 e. The number of nitrogens with zero attached hydrogens (tertiary/aromatic N) is 7. The first-order valence-electron chi connectivity index (χ1n) is 17.6. The number of nitrogens with one attached hydrogen (secondary N) is 2. The van der Waals surface area contributed by atoms with Crippen molar-refractivity contribution in [3.63, 3.8) is 0 Å². The van der Waals surface area contributed by atoms with E-state index in [-0.39, 0.29) is 74.3 Å². The van der Waals surface area contributed by atoms with E-state index in [2.05, 4.69) is 30.2 Å². The summed E-state index contributed by atoms with van der Waals surface area (Å²) in [7, 11) is -2.46. The summed E-state index contributed by atoms with van der Waals surface area (Å²) in [6, 6.07) is 6.54. The summed E-state index contributed by atoms with van der Waals surface area (Å²) in [5.41, 5.74) is -2.89. The molecule has 4 aromatic heterocycles. The highest BCUT2D eigenvalue weighted by molar-refractivity contribution is 7.92. The first-order chi connectivity index (χ1) is 27.4. The van der Waals surface area contributed by atoms with E-state index < -0.39 is 87.7 Å². The van der Waals surface area contributed by atoms with Gasteiger partial charge in [0.15, 0.2) is 11.5 Å². The van der Waals surface area contributed by atoms with E-state index >= 15 is 8.78 Å². The maximum atomic E-state index is 15.4. The number of hydrogen-bond acceptors (Lipinski definition) is 9. The molecular weight excluding hydrogens is 820 g/mol. The Balaban J connectivity index is 1.33. The summed E-state index contributed by atoms with van der Waals surface area (Å²) in [4.78, 5) is 37.7. The third kappa shape index (κ3) is 6.78. The molecule has 8 rings (SSSR count). The fourth-order valence-electron chi connectivity index (χ4n) is 7.67. The van der Waals surface area contributed by atoms with E-state index in [0.29, 0.717) is 10.7 Å². The summed E-state index contributed by atoms with van der Waals surface area (Å²) < 4.78 is 123. The van der Waals surface area contributed by atoms with Crippen molar-refractivity contribution >= 4 is 55.3 Å². The summed E-state index contributed by atoms with van der Waals surface area (Å²) in [5, 5.41) is 10.6. The van der Waals surface area contributed by atoms with E-state index in [0.717, 1.165) is 23.0 Å². The van der Waals surface area contributed by atoms with Crippen LogP contribution < -0.4 is 20.3 Å². The molecule has 0 unspecified atom stereocenters. The Hall–Kier alpha value is -5.70. The molecule has 304 valence electrons. The fraction of sp³-hybridized carbons (Fsp3) is 0.333. The Morgan fingerprint density at radius 2 is 1.81 bits per heavy atom. The van der Waals surface area contributed by atoms with Crippen LogP contribution >= 0.6 is 11.6 Å². The number of anilines is 1. The lowest BCUT2D eigenvalue weighted by Gasteiger charge is -2.24. The van der Waals surface area contributed by atoms with Crippen molar-refractivity contribution in [2.45, 2.75) is 50.6 Å². The number of hydrogen-bond donors (Lipinski definition) is 2. The predicted octanol–water partition coefficient (Wildman–Crippen LogP) is 5.81. The molecule has 2 aromatic carbocycles. The van der Waals surface area contributed by atoms with Crippen LogP contribution in [0, 0.1) is 17.6 Å². The minimum atomic E-state index is -3.90. The van der Waals surface area contributed by atoms with Gasteiger partial charge in [0.1, 0.15) is 35.4 Å². The SMILES string of the molecule is CCOc1ccc2c(=O)n(-c3ccc(Cl)c4c(NS(C)(=O)=O)nn(C)c34)c([C@H](Cc3cc(F)cc(F)c3)NC(=O)Cn3nc(C(F)F)c4c3C(F)(F)[C@@H]3C[C@H]43)nc2n1. The number of carbonyl (C=O) groups excluding carboxylic acids is 1. The Bertz CT molecular complexity index is 2850. The van der Waals surface area contributed by atoms with Crippen LogP contribution in [0.3, 0.4) is 0 Å². The van der Waals surface area contributed by atoms with Gasteiger partial charge in [0.2, 0.25) is 21.8 Å². The minimum absolute atomic E-state index is 0.00533. The van der Waals surface area contributed by atoms with Gasteiger partial charge in [-0.3, -0.25) is 28.2 Å². The molecule has 1 amide bonds. The number of sulfonamides is 1. The maximum absolute atomic E-state index is 15.4. The predicted molar refractivity (Wildman–Crippen MR) is 197 cm³/mol. The quantitative estimate of drug-likeness (QED) is 0.145. The molecule has 0 aliphatic heterocycles. The zero-order chi connectivity index (χ0) is 41.6. The second-order valence-corrected chi connectivity index (χ2v) is 16.1. The van der Waals surface area contributed by atoms with Crippen molar-refractivity contribution in [1.82, 2.24) is 39.4 Å². The van der Waals surface area contributed by atoms with Gasteiger partial charge < -0.3 is 10.1 Å². The van der Waals surface area contributed by atoms with Crippen LogP contribution in [0.25, 0.3) is 27.6 Å². The van der Waals surface area contributed by atoms with Gasteiger partial charge in [-0.1, -0.05) is 11.6 Å². The molecule has 0 saturated heterocycles. The summed E-state index contributed by atoms with van der Waals surface area (Å²) >= 11 is 6.57. The average molecular weight is 850 g/mol. The van der Waals surface area contributed by atoms with Gasteiger partial charge >= 0.3 is 0 Å². The van der Waals surface area contributed by atoms with E-state index in [1.807, 2.05) is 0 Å². The van der Waals surface area contributed by atoms with Gasteiger partial charge in [0.05, 0.1) is 45.9 Å². The molecule has 2 N–H and O–H groups in total. The number of fused-ring (bicyclic) bond motifs is 5. The molecule has 58 heavy (non-hydrogen) atoms. The van der Waals surface area contributed by atoms with E-state index in [9.17, 15) is 35.6 Å². The fourth-order valence-corrected chi connectivity index (χ4v) is 8.41. The molecule has 4 heterocycles. The number of rotatable bonds is 12. The molecule has 0 spiro atoms. The number of aryl methyl sites for hydroxylation is 1. The van der Waals surface area contributed by atoms with E-state index in [1.165, 1.54) is 36.0 Å². The Kier molecular flexibility index (Phi) is 9.44. The van der Waals surface area contributed by atoms with Crippen molar-refractivity contribution in [3.8, 4) is 11.6 Å². The number of pyridine rings is 1. The molecular formula is C36H30ClF6N9O5S. The van der Waals surface area contributed by atoms with Gasteiger partial charge in [-0.05, 0) is 55.2 Å². The molecule has 0 radical (unpaired) electrons. The lowest BCUT2D eigenvalue weighted by atomic mass is 10.0. The molecule has 1 saturated carbocycles. The standard InChI is InChI=1S/C36H30ClF6N9O5S/c1-4-57-25-8-5-18-32(45-25)46-34(52(35(18)54)23-7-6-21(37)27-29(23)50(2)48-33(27)49-58(3,55)56)22(11-15-9-16(38)12-17(39)10-15)44-24(53)14-51-30-26(28(47-51)31(40)41)19-13-20(19)36(30,42)43/h5-10,12,19-20,22,31H,4,11,13-14H2,1-3H3,(H,44,53)(H,48,49)/t19-,20+,22-/m0/s1. The van der Waals surface area contributed by atoms with Crippen LogP contribution in [-0.2, 0) is 40.8 Å². The summed E-state index contributed by atoms with van der Waals surface area (Å²) in [6.07, 6.45) is -2.80. The Morgan fingerprint density at radius 3 is 2.48 bits per heavy atom. The van der Waals surface area contributed by atoms with Crippen LogP contribution in [0.2, 0.25) is 5.02 Å². The van der Waals surface area contributed by atoms with Crippen LogP contribution in [0.1, 0.15) is 60.1 Å². The highest BCUT2D eigenvalue weighted by Crippen LogP contribution is 2.68. The Morgan fingerprint density at radius 1 is 1.09 bits per heavy atom. The summed E-state index contributed by atoms with van der Waals surface area (Å²) in [5.74, 6) is -9.06. The molecule has 14 nitrogen and oxygen atoms in total. The van der Waals surface area contributed by atoms with Gasteiger partial charge in [-0.15, -0.1) is 0 Å². The molecule has 3 atom stereocenters. The average Bonchev–Trinajstić information content (AvgIpc) is 3.66. The van der Waals surface area contributed by atoms with Crippen molar-refractivity contribution in [1.29, 1.82) is 0 Å². The van der Waals surface area contributed by atoms with Crippen molar-refractivity contribution < 1.29 is 44.3 Å². The van der Waals surface area contributed by atoms with E-state index in [4.69, 9.17) is 16.3 Å². The van der Waals surface area contributed by atoms with Gasteiger partial charge in [0.25, 0.3) is 17.9 Å². The van der Waals surface area contributed by atoms with Crippen molar-refractivity contribution in [3.05, 3.63) is 97.8 Å². The molecule has 2 aliphatic rings. The van der Waals surface area contributed by atoms with Crippen LogP contribution in [-0.4, -0.2) is 61.3 Å². The van der Waals surface area contributed by atoms with Crippen molar-refractivity contribution in [2.24, 2.45) is 13.0 Å². The lowest BCUT2D eigenvalue weighted by Crippen LogP contribution is -2.38. The molecule has 22 heteroatoms. The lowest BCUT2D eigenvalue weighted by molar-refractivity contribution is -0.123. The van der Waals surface area contributed by atoms with Crippen LogP contribution in [0.5, 0.6) is 5.88 Å². The highest BCUT2D eigenvalue weighted by atomic mass is 35.5. The minimum Gasteiger partial charge on any atom is -0.478 e. The second-order valence-electron chi connectivity index (χ2n) is 14.0. The molecule has 2 aliphatic carbocycles. The molecule has 0 bridgehead atoms. The monoisotopic (exact) mass is 849 g/mol. The van der Waals surface area contributed by atoms with E-state index in [1.54, 1.807) is 6.92 Å². The number of benzene rings is 2. The number of aromatic nitrogens is 7. The second kappa shape index (κ2) is 14.0.